The minimum Gasteiger partial charge on any atom is -0.480 e. The van der Waals surface area contributed by atoms with Gasteiger partial charge in [0.1, 0.15) is 5.78 Å². The Bertz CT molecular complexity index is 753. The molecule has 24 heavy (non-hydrogen) atoms. The molecule has 5 nitrogen and oxygen atoms in total. The molecule has 0 bridgehead atoms. The van der Waals surface area contributed by atoms with Crippen molar-refractivity contribution in [3.63, 3.8) is 0 Å². The number of carbonyl (C=O) groups is 2. The summed E-state index contributed by atoms with van der Waals surface area (Å²) in [7, 11) is 0. The van der Waals surface area contributed by atoms with E-state index in [1.165, 1.54) is 12.3 Å². The van der Waals surface area contributed by atoms with E-state index < -0.39 is 5.97 Å². The highest BCUT2D eigenvalue weighted by atomic mass is 16.5. The van der Waals surface area contributed by atoms with Crippen molar-refractivity contribution in [3.8, 4) is 0 Å². The third-order valence-electron chi connectivity index (χ3n) is 4.53. The predicted octanol–water partition coefficient (Wildman–Crippen LogP) is 2.47. The fourth-order valence-electron chi connectivity index (χ4n) is 3.38. The number of carboxylic acids is 1. The van der Waals surface area contributed by atoms with Gasteiger partial charge in [-0.3, -0.25) is 14.5 Å². The van der Waals surface area contributed by atoms with Gasteiger partial charge in [-0.05, 0) is 29.7 Å². The van der Waals surface area contributed by atoms with Crippen LogP contribution in [0.2, 0.25) is 0 Å². The highest BCUT2D eigenvalue weighted by Crippen LogP contribution is 2.24. The Morgan fingerprint density at radius 1 is 1.21 bits per heavy atom. The summed E-state index contributed by atoms with van der Waals surface area (Å²) in [5, 5.41) is 11.3. The van der Waals surface area contributed by atoms with E-state index in [9.17, 15) is 9.59 Å². The van der Waals surface area contributed by atoms with E-state index in [4.69, 9.17) is 9.84 Å². The van der Waals surface area contributed by atoms with E-state index in [1.807, 2.05) is 24.3 Å². The number of aliphatic carboxylic acids is 1. The smallest absolute Gasteiger partial charge is 0.317 e. The topological polar surface area (TPSA) is 66.8 Å². The van der Waals surface area contributed by atoms with Crippen LogP contribution >= 0.6 is 0 Å². The van der Waals surface area contributed by atoms with Gasteiger partial charge in [-0.1, -0.05) is 42.5 Å². The van der Waals surface area contributed by atoms with Crippen LogP contribution in [0.15, 0.2) is 42.5 Å². The van der Waals surface area contributed by atoms with Crippen molar-refractivity contribution in [1.82, 2.24) is 4.90 Å². The Kier molecular flexibility index (Phi) is 4.92. The minimum absolute atomic E-state index is 0.00693. The second kappa shape index (κ2) is 7.11. The lowest BCUT2D eigenvalue weighted by atomic mass is 10.1. The van der Waals surface area contributed by atoms with Crippen LogP contribution in [0, 0.1) is 0 Å². The first-order valence-corrected chi connectivity index (χ1v) is 8.09. The molecule has 2 aromatic rings. The van der Waals surface area contributed by atoms with Crippen LogP contribution in [0.25, 0.3) is 10.8 Å². The number of hydrogen-bond acceptors (Lipinski definition) is 4. The highest BCUT2D eigenvalue weighted by Gasteiger charge is 2.36. The van der Waals surface area contributed by atoms with Gasteiger partial charge in [0.15, 0.2) is 0 Å². The molecule has 126 valence electrons. The van der Waals surface area contributed by atoms with E-state index in [2.05, 4.69) is 18.2 Å². The summed E-state index contributed by atoms with van der Waals surface area (Å²) in [5.74, 6) is -0.927. The summed E-state index contributed by atoms with van der Waals surface area (Å²) >= 11 is 0. The Hall–Kier alpha value is -2.24. The average molecular weight is 327 g/mol. The number of carbonyl (C=O) groups excluding carboxylic acids is 1. The maximum absolute atomic E-state index is 11.7. The third-order valence-corrected chi connectivity index (χ3v) is 4.53. The van der Waals surface area contributed by atoms with Crippen LogP contribution < -0.4 is 0 Å². The Morgan fingerprint density at radius 3 is 2.71 bits per heavy atom. The molecule has 0 aliphatic carbocycles. The molecule has 1 saturated heterocycles. The van der Waals surface area contributed by atoms with Gasteiger partial charge in [-0.2, -0.15) is 0 Å². The second-order valence-corrected chi connectivity index (χ2v) is 6.26. The van der Waals surface area contributed by atoms with E-state index in [-0.39, 0.29) is 24.5 Å². The molecule has 0 saturated carbocycles. The zero-order valence-corrected chi connectivity index (χ0v) is 13.6. The number of ketones is 1. The molecule has 2 aromatic carbocycles. The van der Waals surface area contributed by atoms with Crippen molar-refractivity contribution in [2.24, 2.45) is 0 Å². The molecule has 1 heterocycles. The number of fused-ring (bicyclic) bond motifs is 1. The molecule has 1 unspecified atom stereocenters. The summed E-state index contributed by atoms with van der Waals surface area (Å²) in [4.78, 5) is 24.4. The van der Waals surface area contributed by atoms with Gasteiger partial charge in [0, 0.05) is 6.54 Å². The van der Waals surface area contributed by atoms with Crippen molar-refractivity contribution < 1.29 is 19.4 Å². The summed E-state index contributed by atoms with van der Waals surface area (Å²) in [6.07, 6.45) is 0.421. The molecular weight excluding hydrogens is 306 g/mol. The van der Waals surface area contributed by atoms with Crippen molar-refractivity contribution in [2.45, 2.75) is 32.1 Å². The van der Waals surface area contributed by atoms with Gasteiger partial charge in [0.2, 0.25) is 0 Å². The van der Waals surface area contributed by atoms with Gasteiger partial charge in [0.05, 0.1) is 25.3 Å². The van der Waals surface area contributed by atoms with Crippen molar-refractivity contribution in [3.05, 3.63) is 48.0 Å². The van der Waals surface area contributed by atoms with Gasteiger partial charge in [-0.15, -0.1) is 0 Å². The van der Waals surface area contributed by atoms with E-state index in [0.717, 1.165) is 10.9 Å². The summed E-state index contributed by atoms with van der Waals surface area (Å²) in [5.41, 5.74) is 1.10. The van der Waals surface area contributed by atoms with E-state index in [1.54, 1.807) is 4.90 Å². The molecule has 0 spiro atoms. The SMILES string of the molecule is CC(=O)[C@H]1CC(OCc2cccc3ccccc23)CN1CC(=O)O. The first-order chi connectivity index (χ1) is 11.5. The van der Waals surface area contributed by atoms with Crippen molar-refractivity contribution >= 4 is 22.5 Å². The Morgan fingerprint density at radius 2 is 1.96 bits per heavy atom. The monoisotopic (exact) mass is 327 g/mol. The first kappa shape index (κ1) is 16.6. The lowest BCUT2D eigenvalue weighted by Crippen LogP contribution is -2.38. The lowest BCUT2D eigenvalue weighted by molar-refractivity contribution is -0.139. The number of ether oxygens (including phenoxy) is 1. The number of rotatable bonds is 6. The number of Topliss-reactive ketones (excluding diaryl/α,β-unsaturated/α-hetero) is 1. The molecule has 3 rings (SSSR count). The second-order valence-electron chi connectivity index (χ2n) is 6.26. The molecule has 0 radical (unpaired) electrons. The summed E-state index contributed by atoms with van der Waals surface area (Å²) in [6.45, 7) is 2.31. The number of hydrogen-bond donors (Lipinski definition) is 1. The molecule has 1 N–H and O–H groups in total. The van der Waals surface area contributed by atoms with Crippen LogP contribution in [0.1, 0.15) is 18.9 Å². The van der Waals surface area contributed by atoms with Crippen molar-refractivity contribution in [2.75, 3.05) is 13.1 Å². The zero-order valence-electron chi connectivity index (χ0n) is 13.6. The summed E-state index contributed by atoms with van der Waals surface area (Å²) < 4.78 is 6.00. The quantitative estimate of drug-likeness (QED) is 0.883. The first-order valence-electron chi connectivity index (χ1n) is 8.09. The molecule has 0 aromatic heterocycles. The Balaban J connectivity index is 1.68. The van der Waals surface area contributed by atoms with Crippen LogP contribution in [0.4, 0.5) is 0 Å². The fraction of sp³-hybridized carbons (Fsp3) is 0.368. The van der Waals surface area contributed by atoms with Crippen molar-refractivity contribution in [1.29, 1.82) is 0 Å². The van der Waals surface area contributed by atoms with Crippen LogP contribution in [0.5, 0.6) is 0 Å². The largest absolute Gasteiger partial charge is 0.480 e. The molecule has 0 amide bonds. The normalized spacial score (nSPS) is 21.2. The minimum atomic E-state index is -0.920. The predicted molar refractivity (Wildman–Crippen MR) is 90.8 cm³/mol. The summed E-state index contributed by atoms with van der Waals surface area (Å²) in [6, 6.07) is 13.9. The zero-order chi connectivity index (χ0) is 17.1. The van der Waals surface area contributed by atoms with Gasteiger partial charge >= 0.3 is 5.97 Å². The number of carboxylic acid groups (broad SMARTS) is 1. The van der Waals surface area contributed by atoms with Crippen LogP contribution in [-0.2, 0) is 20.9 Å². The highest BCUT2D eigenvalue weighted by molar-refractivity contribution is 5.85. The number of likely N-dealkylation sites (tertiary alicyclic amines) is 1. The molecular formula is C19H21NO4. The standard InChI is InChI=1S/C19H21NO4/c1-13(21)18-9-16(10-20(18)11-19(22)23)24-12-15-7-4-6-14-5-2-3-8-17(14)15/h2-8,16,18H,9-12H2,1H3,(H,22,23)/t16?,18-/m1/s1. The van der Waals surface area contributed by atoms with Gasteiger partial charge < -0.3 is 9.84 Å². The van der Waals surface area contributed by atoms with E-state index >= 15 is 0 Å². The molecule has 5 heteroatoms. The van der Waals surface area contributed by atoms with E-state index in [0.29, 0.717) is 19.6 Å². The van der Waals surface area contributed by atoms with Crippen LogP contribution in [0.3, 0.4) is 0 Å². The third kappa shape index (κ3) is 3.63. The van der Waals surface area contributed by atoms with Crippen LogP contribution in [-0.4, -0.2) is 47.0 Å². The molecule has 1 aliphatic rings. The molecule has 1 fully saturated rings. The van der Waals surface area contributed by atoms with Gasteiger partial charge in [-0.25, -0.2) is 0 Å². The molecule has 1 aliphatic heterocycles. The maximum atomic E-state index is 11.7. The fourth-order valence-corrected chi connectivity index (χ4v) is 3.38. The maximum Gasteiger partial charge on any atom is 0.317 e. The average Bonchev–Trinajstić information content (AvgIpc) is 2.95. The number of nitrogens with zero attached hydrogens (tertiary/aromatic N) is 1. The molecule has 2 atom stereocenters. The Labute approximate surface area is 140 Å². The lowest BCUT2D eigenvalue weighted by Gasteiger charge is -2.19. The number of benzene rings is 2. The van der Waals surface area contributed by atoms with Gasteiger partial charge in [0.25, 0.3) is 0 Å².